The molecule has 5 heteroatoms. The number of rotatable bonds is 8. The van der Waals surface area contributed by atoms with Gasteiger partial charge in [-0.2, -0.15) is 0 Å². The highest BCUT2D eigenvalue weighted by Gasteiger charge is 2.12. The summed E-state index contributed by atoms with van der Waals surface area (Å²) < 4.78 is 15.8. The molecule has 0 aliphatic carbocycles. The molecule has 1 amide bonds. The minimum atomic E-state index is -0.116. The van der Waals surface area contributed by atoms with E-state index in [1.807, 2.05) is 6.92 Å². The fraction of sp³-hybridized carbons (Fsp3) is 0.471. The Bertz CT molecular complexity index is 500. The first-order chi connectivity index (χ1) is 10.5. The van der Waals surface area contributed by atoms with Gasteiger partial charge in [0.25, 0.3) is 0 Å². The van der Waals surface area contributed by atoms with Crippen LogP contribution in [-0.4, -0.2) is 33.3 Å². The molecular formula is C17H25NO4. The Morgan fingerprint density at radius 1 is 1.18 bits per heavy atom. The molecule has 1 aromatic carbocycles. The van der Waals surface area contributed by atoms with Gasteiger partial charge in [0.1, 0.15) is 0 Å². The van der Waals surface area contributed by atoms with Gasteiger partial charge in [0.05, 0.1) is 21.3 Å². The van der Waals surface area contributed by atoms with E-state index in [2.05, 4.69) is 12.2 Å². The molecule has 1 rings (SSSR count). The smallest absolute Gasteiger partial charge is 0.244 e. The maximum Gasteiger partial charge on any atom is 0.244 e. The zero-order valence-electron chi connectivity index (χ0n) is 13.9. The topological polar surface area (TPSA) is 56.8 Å². The lowest BCUT2D eigenvalue weighted by molar-refractivity contribution is -0.117. The van der Waals surface area contributed by atoms with Crippen LogP contribution in [0.25, 0.3) is 6.08 Å². The van der Waals surface area contributed by atoms with E-state index < -0.39 is 0 Å². The average Bonchev–Trinajstić information content (AvgIpc) is 2.51. The van der Waals surface area contributed by atoms with E-state index in [0.29, 0.717) is 17.2 Å². The number of ether oxygens (including phenoxy) is 3. The maximum atomic E-state index is 11.8. The van der Waals surface area contributed by atoms with Crippen molar-refractivity contribution in [1.29, 1.82) is 0 Å². The lowest BCUT2D eigenvalue weighted by Crippen LogP contribution is -2.30. The Kier molecular flexibility index (Phi) is 7.29. The molecule has 0 bridgehead atoms. The maximum absolute atomic E-state index is 11.8. The van der Waals surface area contributed by atoms with Crippen molar-refractivity contribution < 1.29 is 19.0 Å². The Morgan fingerprint density at radius 2 is 1.77 bits per heavy atom. The average molecular weight is 307 g/mol. The summed E-state index contributed by atoms with van der Waals surface area (Å²) in [7, 11) is 4.67. The quantitative estimate of drug-likeness (QED) is 0.750. The third kappa shape index (κ3) is 4.98. The molecule has 0 saturated carbocycles. The largest absolute Gasteiger partial charge is 0.493 e. The molecule has 0 aromatic heterocycles. The highest BCUT2D eigenvalue weighted by atomic mass is 16.5. The third-order valence-electron chi connectivity index (χ3n) is 3.22. The van der Waals surface area contributed by atoms with Gasteiger partial charge in [-0.1, -0.05) is 13.3 Å². The second kappa shape index (κ2) is 8.97. The summed E-state index contributed by atoms with van der Waals surface area (Å²) in [6, 6.07) is 3.75. The molecule has 0 aliphatic rings. The highest BCUT2D eigenvalue weighted by Crippen LogP contribution is 2.38. The normalized spacial score (nSPS) is 12.0. The van der Waals surface area contributed by atoms with Crippen molar-refractivity contribution in [2.24, 2.45) is 0 Å². The first kappa shape index (κ1) is 17.9. The Balaban J connectivity index is 2.89. The molecule has 0 saturated heterocycles. The minimum Gasteiger partial charge on any atom is -0.493 e. The van der Waals surface area contributed by atoms with Gasteiger partial charge in [0.15, 0.2) is 11.5 Å². The minimum absolute atomic E-state index is 0.116. The summed E-state index contributed by atoms with van der Waals surface area (Å²) in [5.41, 5.74) is 0.799. The van der Waals surface area contributed by atoms with E-state index in [4.69, 9.17) is 14.2 Å². The number of amides is 1. The summed E-state index contributed by atoms with van der Waals surface area (Å²) in [5.74, 6) is 1.53. The van der Waals surface area contributed by atoms with Crippen LogP contribution in [0.3, 0.4) is 0 Å². The molecule has 0 aliphatic heterocycles. The number of hydrogen-bond acceptors (Lipinski definition) is 4. The van der Waals surface area contributed by atoms with Crippen LogP contribution in [0.5, 0.6) is 17.2 Å². The molecule has 0 unspecified atom stereocenters. The van der Waals surface area contributed by atoms with Crippen molar-refractivity contribution in [2.75, 3.05) is 21.3 Å². The zero-order chi connectivity index (χ0) is 16.5. The van der Waals surface area contributed by atoms with Gasteiger partial charge < -0.3 is 19.5 Å². The summed E-state index contributed by atoms with van der Waals surface area (Å²) in [6.45, 7) is 4.09. The Hall–Kier alpha value is -2.17. The molecule has 0 heterocycles. The second-order valence-electron chi connectivity index (χ2n) is 4.99. The van der Waals surface area contributed by atoms with E-state index in [0.717, 1.165) is 18.4 Å². The Labute approximate surface area is 132 Å². The molecular weight excluding hydrogens is 282 g/mol. The summed E-state index contributed by atoms with van der Waals surface area (Å²) in [4.78, 5) is 11.8. The van der Waals surface area contributed by atoms with Crippen LogP contribution in [0, 0.1) is 0 Å². The van der Waals surface area contributed by atoms with Crippen LogP contribution >= 0.6 is 0 Å². The van der Waals surface area contributed by atoms with Crippen LogP contribution in [0.1, 0.15) is 32.3 Å². The second-order valence-corrected chi connectivity index (χ2v) is 4.99. The monoisotopic (exact) mass is 307 g/mol. The predicted octanol–water partition coefficient (Wildman–Crippen LogP) is 3.03. The van der Waals surface area contributed by atoms with Crippen molar-refractivity contribution in [3.63, 3.8) is 0 Å². The van der Waals surface area contributed by atoms with Gasteiger partial charge in [-0.25, -0.2) is 0 Å². The number of carbonyl (C=O) groups excluding carboxylic acids is 1. The van der Waals surface area contributed by atoms with E-state index in [1.165, 1.54) is 6.08 Å². The number of hydrogen-bond donors (Lipinski definition) is 1. The summed E-state index contributed by atoms with van der Waals surface area (Å²) >= 11 is 0. The number of carbonyl (C=O) groups is 1. The van der Waals surface area contributed by atoms with Gasteiger partial charge in [0.2, 0.25) is 11.7 Å². The van der Waals surface area contributed by atoms with Crippen molar-refractivity contribution in [2.45, 2.75) is 32.7 Å². The number of benzene rings is 1. The van der Waals surface area contributed by atoms with E-state index >= 15 is 0 Å². The molecule has 1 N–H and O–H groups in total. The number of nitrogens with one attached hydrogen (secondary N) is 1. The molecule has 0 radical (unpaired) electrons. The predicted molar refractivity (Wildman–Crippen MR) is 87.6 cm³/mol. The van der Waals surface area contributed by atoms with Crippen molar-refractivity contribution in [1.82, 2.24) is 5.32 Å². The molecule has 0 spiro atoms. The molecule has 5 nitrogen and oxygen atoms in total. The van der Waals surface area contributed by atoms with Gasteiger partial charge in [0, 0.05) is 12.1 Å². The molecule has 22 heavy (non-hydrogen) atoms. The molecule has 0 fully saturated rings. The lowest BCUT2D eigenvalue weighted by Gasteiger charge is -2.13. The van der Waals surface area contributed by atoms with Gasteiger partial charge in [-0.3, -0.25) is 4.79 Å². The van der Waals surface area contributed by atoms with Crippen LogP contribution in [-0.2, 0) is 4.79 Å². The van der Waals surface area contributed by atoms with E-state index in [1.54, 1.807) is 39.5 Å². The summed E-state index contributed by atoms with van der Waals surface area (Å²) in [5, 5.41) is 2.92. The molecule has 122 valence electrons. The van der Waals surface area contributed by atoms with Crippen molar-refractivity contribution >= 4 is 12.0 Å². The summed E-state index contributed by atoms with van der Waals surface area (Å²) in [6.07, 6.45) is 5.23. The van der Waals surface area contributed by atoms with Crippen LogP contribution in [0.15, 0.2) is 18.2 Å². The fourth-order valence-corrected chi connectivity index (χ4v) is 2.17. The highest BCUT2D eigenvalue weighted by molar-refractivity contribution is 5.92. The van der Waals surface area contributed by atoms with E-state index in [9.17, 15) is 4.79 Å². The van der Waals surface area contributed by atoms with Crippen molar-refractivity contribution in [3.05, 3.63) is 23.8 Å². The standard InChI is InChI=1S/C17H25NO4/c1-6-7-12(2)18-16(19)9-8-13-10-14(20-3)17(22-5)15(11-13)21-4/h8-12H,6-7H2,1-5H3,(H,18,19)/b9-8+/t12-/m1/s1. The van der Waals surface area contributed by atoms with E-state index in [-0.39, 0.29) is 11.9 Å². The Morgan fingerprint density at radius 3 is 2.23 bits per heavy atom. The zero-order valence-corrected chi connectivity index (χ0v) is 13.9. The SMILES string of the molecule is CCC[C@@H](C)NC(=O)/C=C/c1cc(OC)c(OC)c(OC)c1. The van der Waals surface area contributed by atoms with Crippen LogP contribution in [0.4, 0.5) is 0 Å². The lowest BCUT2D eigenvalue weighted by atomic mass is 10.1. The van der Waals surface area contributed by atoms with Crippen molar-refractivity contribution in [3.8, 4) is 17.2 Å². The van der Waals surface area contributed by atoms with Crippen LogP contribution < -0.4 is 19.5 Å². The van der Waals surface area contributed by atoms with Gasteiger partial charge in [-0.05, 0) is 37.1 Å². The first-order valence-electron chi connectivity index (χ1n) is 7.34. The first-order valence-corrected chi connectivity index (χ1v) is 7.34. The van der Waals surface area contributed by atoms with Gasteiger partial charge in [-0.15, -0.1) is 0 Å². The third-order valence-corrected chi connectivity index (χ3v) is 3.22. The van der Waals surface area contributed by atoms with Crippen LogP contribution in [0.2, 0.25) is 0 Å². The fourth-order valence-electron chi connectivity index (χ4n) is 2.17. The number of methoxy groups -OCH3 is 3. The molecule has 1 atom stereocenters. The molecule has 1 aromatic rings. The van der Waals surface area contributed by atoms with Gasteiger partial charge >= 0.3 is 0 Å².